The Balaban J connectivity index is 1.91. The Hall–Kier alpha value is -1.07. The molecule has 2 N–H and O–H groups in total. The largest absolute Gasteiger partial charge is 0.376 e. The van der Waals surface area contributed by atoms with Gasteiger partial charge in [0.15, 0.2) is 0 Å². The third-order valence-corrected chi connectivity index (χ3v) is 3.55. The fraction of sp³-hybridized carbons (Fsp3) is 0.545. The number of nitrogens with two attached hydrogens (primary N) is 1. The molecule has 2 heterocycles. The number of amides is 2. The Morgan fingerprint density at radius 3 is 3.12 bits per heavy atom. The third kappa shape index (κ3) is 2.96. The van der Waals surface area contributed by atoms with E-state index in [0.717, 1.165) is 24.3 Å². The van der Waals surface area contributed by atoms with Crippen LogP contribution in [0.15, 0.2) is 17.5 Å². The zero-order valence-corrected chi connectivity index (χ0v) is 9.91. The lowest BCUT2D eigenvalue weighted by atomic mass is 10.2. The lowest BCUT2D eigenvalue weighted by Gasteiger charge is -2.22. The van der Waals surface area contributed by atoms with Crippen molar-refractivity contribution in [3.8, 4) is 0 Å². The molecule has 88 valence electrons. The minimum Gasteiger partial charge on any atom is -0.376 e. The van der Waals surface area contributed by atoms with Crippen molar-refractivity contribution >= 4 is 17.4 Å². The van der Waals surface area contributed by atoms with Gasteiger partial charge in [0.1, 0.15) is 0 Å². The summed E-state index contributed by atoms with van der Waals surface area (Å²) in [6, 6.07) is 3.62. The molecule has 0 bridgehead atoms. The molecule has 16 heavy (non-hydrogen) atoms. The second-order valence-corrected chi connectivity index (χ2v) is 4.97. The van der Waals surface area contributed by atoms with Crippen molar-refractivity contribution in [2.45, 2.75) is 25.5 Å². The molecule has 1 saturated heterocycles. The Labute approximate surface area is 99.0 Å². The summed E-state index contributed by atoms with van der Waals surface area (Å²) in [4.78, 5) is 14.1. The summed E-state index contributed by atoms with van der Waals surface area (Å²) in [5, 5.41) is 2.00. The van der Waals surface area contributed by atoms with Crippen LogP contribution >= 0.6 is 11.3 Å². The van der Waals surface area contributed by atoms with E-state index in [9.17, 15) is 4.79 Å². The van der Waals surface area contributed by atoms with Gasteiger partial charge in [0.05, 0.1) is 12.6 Å². The minimum absolute atomic E-state index is 0.160. The fourth-order valence-electron chi connectivity index (χ4n) is 1.86. The van der Waals surface area contributed by atoms with Gasteiger partial charge >= 0.3 is 6.03 Å². The van der Waals surface area contributed by atoms with Gasteiger partial charge < -0.3 is 15.4 Å². The number of thiophene rings is 1. The molecule has 2 amide bonds. The molecule has 4 nitrogen and oxygen atoms in total. The predicted molar refractivity (Wildman–Crippen MR) is 63.3 cm³/mol. The lowest BCUT2D eigenvalue weighted by molar-refractivity contribution is 0.0814. The maximum Gasteiger partial charge on any atom is 0.315 e. The average molecular weight is 240 g/mol. The molecule has 0 radical (unpaired) electrons. The van der Waals surface area contributed by atoms with Gasteiger partial charge in [-0.2, -0.15) is 0 Å². The Kier molecular flexibility index (Phi) is 3.79. The van der Waals surface area contributed by atoms with E-state index < -0.39 is 0 Å². The summed E-state index contributed by atoms with van der Waals surface area (Å²) in [5.41, 5.74) is 5.37. The monoisotopic (exact) mass is 240 g/mol. The standard InChI is InChI=1S/C11H16N2O2S/c12-11(14)13(7-9-3-1-5-15-9)8-10-4-2-6-16-10/h2,4,6,9H,1,3,5,7-8H2,(H2,12,14). The van der Waals surface area contributed by atoms with Crippen LogP contribution in [-0.2, 0) is 11.3 Å². The SMILES string of the molecule is NC(=O)N(Cc1cccs1)CC1CCCO1. The Bertz CT molecular complexity index is 334. The van der Waals surface area contributed by atoms with E-state index in [-0.39, 0.29) is 12.1 Å². The highest BCUT2D eigenvalue weighted by molar-refractivity contribution is 7.09. The molecule has 1 atom stereocenters. The summed E-state index contributed by atoms with van der Waals surface area (Å²) >= 11 is 1.64. The summed E-state index contributed by atoms with van der Waals surface area (Å²) in [6.07, 6.45) is 2.26. The second kappa shape index (κ2) is 5.32. The van der Waals surface area contributed by atoms with Crippen LogP contribution in [0, 0.1) is 0 Å². The quantitative estimate of drug-likeness (QED) is 0.872. The normalized spacial score (nSPS) is 19.9. The van der Waals surface area contributed by atoms with Crippen LogP contribution in [0.25, 0.3) is 0 Å². The van der Waals surface area contributed by atoms with E-state index in [1.807, 2.05) is 17.5 Å². The highest BCUT2D eigenvalue weighted by Crippen LogP contribution is 2.16. The zero-order valence-electron chi connectivity index (χ0n) is 9.09. The lowest BCUT2D eigenvalue weighted by Crippen LogP contribution is -2.40. The van der Waals surface area contributed by atoms with Gasteiger partial charge in [-0.1, -0.05) is 6.07 Å². The van der Waals surface area contributed by atoms with Crippen molar-refractivity contribution in [2.75, 3.05) is 13.2 Å². The summed E-state index contributed by atoms with van der Waals surface area (Å²) in [5.74, 6) is 0. The Morgan fingerprint density at radius 1 is 1.69 bits per heavy atom. The van der Waals surface area contributed by atoms with Crippen LogP contribution in [0.5, 0.6) is 0 Å². The maximum absolute atomic E-state index is 11.3. The van der Waals surface area contributed by atoms with Gasteiger partial charge in [-0.15, -0.1) is 11.3 Å². The first kappa shape index (κ1) is 11.4. The molecule has 1 aliphatic heterocycles. The first-order valence-electron chi connectivity index (χ1n) is 5.44. The fourth-order valence-corrected chi connectivity index (χ4v) is 2.58. The van der Waals surface area contributed by atoms with E-state index in [1.54, 1.807) is 16.2 Å². The number of ether oxygens (including phenoxy) is 1. The predicted octanol–water partition coefficient (Wildman–Crippen LogP) is 1.81. The summed E-state index contributed by atoms with van der Waals surface area (Å²) in [7, 11) is 0. The maximum atomic E-state index is 11.3. The molecule has 0 spiro atoms. The van der Waals surface area contributed by atoms with Crippen LogP contribution in [0.1, 0.15) is 17.7 Å². The van der Waals surface area contributed by atoms with E-state index in [0.29, 0.717) is 13.1 Å². The van der Waals surface area contributed by atoms with Gasteiger partial charge in [0.2, 0.25) is 0 Å². The average Bonchev–Trinajstić information content (AvgIpc) is 2.88. The molecular weight excluding hydrogens is 224 g/mol. The number of nitrogens with zero attached hydrogens (tertiary/aromatic N) is 1. The van der Waals surface area contributed by atoms with Gasteiger partial charge in [-0.05, 0) is 24.3 Å². The van der Waals surface area contributed by atoms with Crippen molar-refractivity contribution in [2.24, 2.45) is 5.73 Å². The van der Waals surface area contributed by atoms with Crippen LogP contribution in [0.4, 0.5) is 4.79 Å². The van der Waals surface area contributed by atoms with Crippen LogP contribution in [0.2, 0.25) is 0 Å². The van der Waals surface area contributed by atoms with Gasteiger partial charge in [-0.25, -0.2) is 4.79 Å². The second-order valence-electron chi connectivity index (χ2n) is 3.93. The number of hydrogen-bond acceptors (Lipinski definition) is 3. The van der Waals surface area contributed by atoms with E-state index in [1.165, 1.54) is 0 Å². The number of primary amides is 1. The van der Waals surface area contributed by atoms with Gasteiger partial charge in [0, 0.05) is 18.0 Å². The number of urea groups is 1. The third-order valence-electron chi connectivity index (χ3n) is 2.69. The summed E-state index contributed by atoms with van der Waals surface area (Å²) < 4.78 is 5.51. The molecule has 1 aromatic heterocycles. The highest BCUT2D eigenvalue weighted by Gasteiger charge is 2.21. The van der Waals surface area contributed by atoms with Crippen molar-refractivity contribution < 1.29 is 9.53 Å². The summed E-state index contributed by atoms with van der Waals surface area (Å²) in [6.45, 7) is 2.00. The van der Waals surface area contributed by atoms with Crippen molar-refractivity contribution in [3.63, 3.8) is 0 Å². The first-order valence-corrected chi connectivity index (χ1v) is 6.32. The molecule has 0 saturated carbocycles. The topological polar surface area (TPSA) is 55.6 Å². The molecule has 0 aromatic carbocycles. The van der Waals surface area contributed by atoms with Gasteiger partial charge in [-0.3, -0.25) is 0 Å². The van der Waals surface area contributed by atoms with E-state index in [4.69, 9.17) is 10.5 Å². The molecule has 1 fully saturated rings. The molecule has 5 heteroatoms. The van der Waals surface area contributed by atoms with Crippen molar-refractivity contribution in [1.29, 1.82) is 0 Å². The number of carbonyl (C=O) groups excluding carboxylic acids is 1. The number of hydrogen-bond donors (Lipinski definition) is 1. The molecule has 1 aliphatic rings. The first-order chi connectivity index (χ1) is 7.75. The van der Waals surface area contributed by atoms with Crippen LogP contribution in [-0.4, -0.2) is 30.2 Å². The Morgan fingerprint density at radius 2 is 2.56 bits per heavy atom. The number of rotatable bonds is 4. The highest BCUT2D eigenvalue weighted by atomic mass is 32.1. The van der Waals surface area contributed by atoms with E-state index in [2.05, 4.69) is 0 Å². The van der Waals surface area contributed by atoms with Gasteiger partial charge in [0.25, 0.3) is 0 Å². The van der Waals surface area contributed by atoms with Crippen LogP contribution < -0.4 is 5.73 Å². The molecule has 1 aromatic rings. The van der Waals surface area contributed by atoms with E-state index >= 15 is 0 Å². The van der Waals surface area contributed by atoms with Crippen LogP contribution in [0.3, 0.4) is 0 Å². The minimum atomic E-state index is -0.371. The molecule has 2 rings (SSSR count). The van der Waals surface area contributed by atoms with Crippen molar-refractivity contribution in [3.05, 3.63) is 22.4 Å². The smallest absolute Gasteiger partial charge is 0.315 e. The number of carbonyl (C=O) groups is 1. The zero-order chi connectivity index (χ0) is 11.4. The molecule has 0 aliphatic carbocycles. The van der Waals surface area contributed by atoms with Crippen molar-refractivity contribution in [1.82, 2.24) is 4.90 Å². The molecule has 1 unspecified atom stereocenters. The molecular formula is C11H16N2O2S.